The molecule has 8 rings (SSSR count). The van der Waals surface area contributed by atoms with Gasteiger partial charge in [0.05, 0.1) is 22.8 Å². The molecule has 4 aromatic heterocycles. The van der Waals surface area contributed by atoms with E-state index in [1.165, 1.54) is 0 Å². The standard InChI is InChI=1S/C50H46N7/c1-54(2)41-21-13-36(14-22-41)40-33-49(37-17-23-42(24-18-37)55(3)4)57(50(34-40)38-19-25-43(26-20-38)56(5)6)44-27-15-35(16-28-44)39-31-47(45-11-7-9-29-51-45)53-48(32-39)46-12-8-10-30-52-46/h7-34H,1-6H3/q+1. The van der Waals surface area contributed by atoms with Gasteiger partial charge in [0.15, 0.2) is 0 Å². The molecule has 0 unspecified atom stereocenters. The summed E-state index contributed by atoms with van der Waals surface area (Å²) in [6.45, 7) is 0. The van der Waals surface area contributed by atoms with Gasteiger partial charge >= 0.3 is 0 Å². The van der Waals surface area contributed by atoms with Gasteiger partial charge in [0.25, 0.3) is 0 Å². The van der Waals surface area contributed by atoms with Crippen LogP contribution in [0, 0.1) is 0 Å². The van der Waals surface area contributed by atoms with Gasteiger partial charge in [-0.3, -0.25) is 9.97 Å². The molecule has 0 N–H and O–H groups in total. The molecule has 0 fully saturated rings. The van der Waals surface area contributed by atoms with Crippen LogP contribution in [0.3, 0.4) is 0 Å². The molecule has 4 aromatic carbocycles. The van der Waals surface area contributed by atoms with Crippen LogP contribution in [0.15, 0.2) is 170 Å². The molecule has 0 atom stereocenters. The van der Waals surface area contributed by atoms with Crippen molar-refractivity contribution < 1.29 is 4.57 Å². The Morgan fingerprint density at radius 2 is 0.719 bits per heavy atom. The van der Waals surface area contributed by atoms with Crippen LogP contribution < -0.4 is 19.3 Å². The van der Waals surface area contributed by atoms with E-state index in [4.69, 9.17) is 4.98 Å². The molecular formula is C50H46N7+. The highest BCUT2D eigenvalue weighted by atomic mass is 15.1. The number of nitrogens with zero attached hydrogens (tertiary/aromatic N) is 7. The largest absolute Gasteiger partial charge is 0.378 e. The van der Waals surface area contributed by atoms with Crippen LogP contribution in [0.4, 0.5) is 17.1 Å². The number of hydrogen-bond donors (Lipinski definition) is 0. The van der Waals surface area contributed by atoms with Gasteiger partial charge in [-0.05, 0) is 131 Å². The molecule has 0 saturated carbocycles. The lowest BCUT2D eigenvalue weighted by molar-refractivity contribution is -0.572. The van der Waals surface area contributed by atoms with Crippen molar-refractivity contribution in [3.8, 4) is 73.2 Å². The first-order valence-electron chi connectivity index (χ1n) is 19.1. The van der Waals surface area contributed by atoms with E-state index in [0.717, 1.165) is 90.3 Å². The summed E-state index contributed by atoms with van der Waals surface area (Å²) in [6, 6.07) is 56.0. The molecule has 280 valence electrons. The Hall–Kier alpha value is -7.12. The number of hydrogen-bond acceptors (Lipinski definition) is 6. The summed E-state index contributed by atoms with van der Waals surface area (Å²) in [5, 5.41) is 0. The van der Waals surface area contributed by atoms with E-state index in [1.54, 1.807) is 12.4 Å². The summed E-state index contributed by atoms with van der Waals surface area (Å²) in [5.41, 5.74) is 16.6. The average molecular weight is 745 g/mol. The normalized spacial score (nSPS) is 11.0. The molecule has 0 aliphatic rings. The summed E-state index contributed by atoms with van der Waals surface area (Å²) in [6.07, 6.45) is 3.61. The van der Waals surface area contributed by atoms with Gasteiger partial charge in [0.2, 0.25) is 17.1 Å². The van der Waals surface area contributed by atoms with Crippen LogP contribution in [0.5, 0.6) is 0 Å². The van der Waals surface area contributed by atoms with Gasteiger partial charge in [-0.15, -0.1) is 0 Å². The van der Waals surface area contributed by atoms with E-state index in [0.29, 0.717) is 0 Å². The fourth-order valence-corrected chi connectivity index (χ4v) is 7.07. The maximum absolute atomic E-state index is 5.00. The first kappa shape index (κ1) is 36.8. The van der Waals surface area contributed by atoms with E-state index >= 15 is 0 Å². The number of aromatic nitrogens is 4. The van der Waals surface area contributed by atoms with Crippen molar-refractivity contribution in [2.45, 2.75) is 0 Å². The Morgan fingerprint density at radius 1 is 0.351 bits per heavy atom. The Bertz CT molecular complexity index is 2470. The molecular weight excluding hydrogens is 699 g/mol. The molecule has 7 heteroatoms. The lowest BCUT2D eigenvalue weighted by Crippen LogP contribution is -2.36. The predicted molar refractivity (Wildman–Crippen MR) is 237 cm³/mol. The number of anilines is 3. The van der Waals surface area contributed by atoms with E-state index in [1.807, 2.05) is 36.4 Å². The van der Waals surface area contributed by atoms with Crippen molar-refractivity contribution in [2.75, 3.05) is 57.0 Å². The first-order valence-corrected chi connectivity index (χ1v) is 19.1. The summed E-state index contributed by atoms with van der Waals surface area (Å²) >= 11 is 0. The van der Waals surface area contributed by atoms with Crippen molar-refractivity contribution in [3.63, 3.8) is 0 Å². The minimum Gasteiger partial charge on any atom is -0.378 e. The highest BCUT2D eigenvalue weighted by Crippen LogP contribution is 2.34. The fourth-order valence-electron chi connectivity index (χ4n) is 7.07. The van der Waals surface area contributed by atoms with Gasteiger partial charge in [0, 0.05) is 107 Å². The van der Waals surface area contributed by atoms with Gasteiger partial charge in [-0.1, -0.05) is 24.3 Å². The molecule has 0 aliphatic heterocycles. The third-order valence-electron chi connectivity index (χ3n) is 10.3. The Balaban J connectivity index is 1.32. The quantitative estimate of drug-likeness (QED) is 0.130. The van der Waals surface area contributed by atoms with Crippen molar-refractivity contribution in [2.24, 2.45) is 0 Å². The van der Waals surface area contributed by atoms with Gasteiger partial charge in [-0.2, -0.15) is 4.57 Å². The third kappa shape index (κ3) is 7.86. The molecule has 57 heavy (non-hydrogen) atoms. The van der Waals surface area contributed by atoms with Gasteiger partial charge in [-0.25, -0.2) is 4.98 Å². The zero-order chi connectivity index (χ0) is 39.5. The first-order chi connectivity index (χ1) is 27.7. The molecule has 7 nitrogen and oxygen atoms in total. The second kappa shape index (κ2) is 15.9. The smallest absolute Gasteiger partial charge is 0.219 e. The Morgan fingerprint density at radius 3 is 1.09 bits per heavy atom. The van der Waals surface area contributed by atoms with Crippen molar-refractivity contribution in [1.82, 2.24) is 15.0 Å². The monoisotopic (exact) mass is 744 g/mol. The molecule has 0 bridgehead atoms. The van der Waals surface area contributed by atoms with Crippen molar-refractivity contribution in [1.29, 1.82) is 0 Å². The summed E-state index contributed by atoms with van der Waals surface area (Å²) in [5.74, 6) is 0. The van der Waals surface area contributed by atoms with Crippen LogP contribution in [0.1, 0.15) is 0 Å². The number of benzene rings is 4. The SMILES string of the molecule is CN(C)c1ccc(-c2cc(-c3ccc(N(C)C)cc3)[n+](-c3ccc(-c4cc(-c5ccccn5)nc(-c5ccccn5)c4)cc3)c(-c3ccc(N(C)C)cc3)c2)cc1. The van der Waals surface area contributed by atoms with Crippen molar-refractivity contribution >= 4 is 17.1 Å². The lowest BCUT2D eigenvalue weighted by atomic mass is 9.97. The van der Waals surface area contributed by atoms with Crippen LogP contribution in [0.25, 0.3) is 73.2 Å². The molecule has 0 amide bonds. The van der Waals surface area contributed by atoms with E-state index < -0.39 is 0 Å². The van der Waals surface area contributed by atoms with E-state index in [9.17, 15) is 0 Å². The topological polar surface area (TPSA) is 52.3 Å². The minimum atomic E-state index is 0.799. The summed E-state index contributed by atoms with van der Waals surface area (Å²) < 4.78 is 2.39. The van der Waals surface area contributed by atoms with Gasteiger partial charge in [0.1, 0.15) is 0 Å². The maximum Gasteiger partial charge on any atom is 0.219 e. The fraction of sp³-hybridized carbons (Fsp3) is 0.120. The number of rotatable bonds is 10. The summed E-state index contributed by atoms with van der Waals surface area (Å²) in [4.78, 5) is 20.6. The van der Waals surface area contributed by atoms with Gasteiger partial charge < -0.3 is 14.7 Å². The third-order valence-corrected chi connectivity index (χ3v) is 10.3. The van der Waals surface area contributed by atoms with E-state index in [-0.39, 0.29) is 0 Å². The zero-order valence-corrected chi connectivity index (χ0v) is 33.3. The molecule has 0 radical (unpaired) electrons. The molecule has 0 aliphatic carbocycles. The van der Waals surface area contributed by atoms with Crippen LogP contribution in [-0.4, -0.2) is 57.2 Å². The second-order valence-electron chi connectivity index (χ2n) is 14.8. The molecule has 0 spiro atoms. The lowest BCUT2D eigenvalue weighted by Gasteiger charge is -2.16. The second-order valence-corrected chi connectivity index (χ2v) is 14.8. The van der Waals surface area contributed by atoms with Crippen LogP contribution in [0.2, 0.25) is 0 Å². The molecule has 0 saturated heterocycles. The molecule has 4 heterocycles. The maximum atomic E-state index is 5.00. The highest BCUT2D eigenvalue weighted by Gasteiger charge is 2.26. The number of pyridine rings is 4. The molecule has 8 aromatic rings. The summed E-state index contributed by atoms with van der Waals surface area (Å²) in [7, 11) is 12.4. The Labute approximate surface area is 335 Å². The van der Waals surface area contributed by atoms with Crippen molar-refractivity contribution in [3.05, 3.63) is 170 Å². The highest BCUT2D eigenvalue weighted by molar-refractivity contribution is 5.78. The Kier molecular flexibility index (Phi) is 10.3. The zero-order valence-electron chi connectivity index (χ0n) is 33.3. The minimum absolute atomic E-state index is 0.799. The van der Waals surface area contributed by atoms with E-state index in [2.05, 4.69) is 193 Å². The average Bonchev–Trinajstić information content (AvgIpc) is 3.26. The van der Waals surface area contributed by atoms with Crippen LogP contribution in [-0.2, 0) is 0 Å². The predicted octanol–water partition coefficient (Wildman–Crippen LogP) is 10.3. The van der Waals surface area contributed by atoms with Crippen LogP contribution >= 0.6 is 0 Å².